The zero-order chi connectivity index (χ0) is 13.2. The number of anilines is 2. The van der Waals surface area contributed by atoms with E-state index in [1.165, 1.54) is 11.9 Å². The van der Waals surface area contributed by atoms with Crippen LogP contribution in [0.25, 0.3) is 0 Å². The Bertz CT molecular complexity index is 529. The summed E-state index contributed by atoms with van der Waals surface area (Å²) in [5, 5.41) is 3.62. The van der Waals surface area contributed by atoms with Crippen LogP contribution >= 0.6 is 11.6 Å². The van der Waals surface area contributed by atoms with E-state index in [4.69, 9.17) is 11.6 Å². The molecule has 94 valence electrons. The normalized spacial score (nSPS) is 11.3. The predicted octanol–water partition coefficient (Wildman–Crippen LogP) is 4.17. The molecule has 0 saturated heterocycles. The molecule has 1 N–H and O–H groups in total. The van der Waals surface area contributed by atoms with Crippen LogP contribution in [0, 0.1) is 0 Å². The summed E-state index contributed by atoms with van der Waals surface area (Å²) in [4.78, 5) is 7.94. The molecular formula is C14H16ClN3. The number of nitrogens with one attached hydrogen (secondary N) is 1. The molecule has 0 aliphatic carbocycles. The third-order valence-corrected chi connectivity index (χ3v) is 2.86. The third kappa shape index (κ3) is 3.20. The van der Waals surface area contributed by atoms with E-state index in [1.807, 2.05) is 12.1 Å². The Hall–Kier alpha value is -1.61. The molecule has 1 aromatic heterocycles. The van der Waals surface area contributed by atoms with Crippen LogP contribution in [0.1, 0.15) is 26.3 Å². The number of aromatic nitrogens is 2. The van der Waals surface area contributed by atoms with Crippen molar-refractivity contribution in [2.45, 2.75) is 26.2 Å². The molecule has 0 saturated carbocycles. The van der Waals surface area contributed by atoms with E-state index in [0.29, 0.717) is 11.0 Å². The highest BCUT2D eigenvalue weighted by molar-refractivity contribution is 6.29. The van der Waals surface area contributed by atoms with Gasteiger partial charge in [-0.25, -0.2) is 9.97 Å². The van der Waals surface area contributed by atoms with Crippen LogP contribution in [0.15, 0.2) is 36.7 Å². The topological polar surface area (TPSA) is 37.8 Å². The van der Waals surface area contributed by atoms with Crippen molar-refractivity contribution in [1.29, 1.82) is 0 Å². The van der Waals surface area contributed by atoms with Crippen LogP contribution in [0.3, 0.4) is 0 Å². The Kier molecular flexibility index (Phi) is 3.53. The number of benzene rings is 1. The summed E-state index contributed by atoms with van der Waals surface area (Å²) in [6.45, 7) is 6.58. The van der Waals surface area contributed by atoms with Crippen LogP contribution in [-0.4, -0.2) is 9.97 Å². The summed E-state index contributed by atoms with van der Waals surface area (Å²) in [5.74, 6) is 0.693. The summed E-state index contributed by atoms with van der Waals surface area (Å²) in [6, 6.07) is 10.0. The molecule has 18 heavy (non-hydrogen) atoms. The van der Waals surface area contributed by atoms with Gasteiger partial charge in [-0.1, -0.05) is 44.5 Å². The van der Waals surface area contributed by atoms with Gasteiger partial charge in [0.1, 0.15) is 17.3 Å². The molecule has 0 bridgehead atoms. The van der Waals surface area contributed by atoms with Gasteiger partial charge in [0.25, 0.3) is 0 Å². The standard InChI is InChI=1S/C14H16ClN3/c1-14(2,3)10-4-6-11(7-5-10)18-13-8-12(15)16-9-17-13/h4-9H,1-3H3,(H,16,17,18). The molecule has 2 rings (SSSR count). The second-order valence-corrected chi connectivity index (χ2v) is 5.57. The summed E-state index contributed by atoms with van der Waals surface area (Å²) in [5.41, 5.74) is 2.45. The lowest BCUT2D eigenvalue weighted by atomic mass is 9.87. The molecule has 0 aliphatic heterocycles. The second kappa shape index (κ2) is 4.94. The van der Waals surface area contributed by atoms with E-state index >= 15 is 0 Å². The number of hydrogen-bond acceptors (Lipinski definition) is 3. The minimum absolute atomic E-state index is 0.163. The van der Waals surface area contributed by atoms with Gasteiger partial charge < -0.3 is 5.32 Å². The van der Waals surface area contributed by atoms with Crippen LogP contribution in [0.4, 0.5) is 11.5 Å². The number of rotatable bonds is 2. The Labute approximate surface area is 112 Å². The average Bonchev–Trinajstić information content (AvgIpc) is 2.28. The van der Waals surface area contributed by atoms with E-state index in [2.05, 4.69) is 48.2 Å². The summed E-state index contributed by atoms with van der Waals surface area (Å²) in [7, 11) is 0. The van der Waals surface area contributed by atoms with Crippen molar-refractivity contribution in [3.05, 3.63) is 47.4 Å². The lowest BCUT2D eigenvalue weighted by Gasteiger charge is -2.19. The molecule has 1 heterocycles. The average molecular weight is 262 g/mol. The SMILES string of the molecule is CC(C)(C)c1ccc(Nc2cc(Cl)ncn2)cc1. The molecule has 0 unspecified atom stereocenters. The largest absolute Gasteiger partial charge is 0.340 e. The van der Waals surface area contributed by atoms with Crippen LogP contribution in [0.5, 0.6) is 0 Å². The molecule has 2 aromatic rings. The van der Waals surface area contributed by atoms with Crippen molar-refractivity contribution in [2.24, 2.45) is 0 Å². The van der Waals surface area contributed by atoms with Gasteiger partial charge in [0.15, 0.2) is 0 Å². The van der Waals surface area contributed by atoms with Gasteiger partial charge in [0.2, 0.25) is 0 Å². The third-order valence-electron chi connectivity index (χ3n) is 2.66. The Morgan fingerprint density at radius 2 is 1.72 bits per heavy atom. The van der Waals surface area contributed by atoms with E-state index in [-0.39, 0.29) is 5.41 Å². The first kappa shape index (κ1) is 12.8. The molecule has 0 spiro atoms. The summed E-state index contributed by atoms with van der Waals surface area (Å²) >= 11 is 5.81. The van der Waals surface area contributed by atoms with E-state index in [0.717, 1.165) is 5.69 Å². The highest BCUT2D eigenvalue weighted by Gasteiger charge is 2.12. The van der Waals surface area contributed by atoms with Crippen molar-refractivity contribution in [2.75, 3.05) is 5.32 Å². The number of hydrogen-bond donors (Lipinski definition) is 1. The molecule has 0 amide bonds. The monoisotopic (exact) mass is 261 g/mol. The summed E-state index contributed by atoms with van der Waals surface area (Å²) in [6.07, 6.45) is 1.44. The molecule has 0 fully saturated rings. The quantitative estimate of drug-likeness (QED) is 0.825. The number of halogens is 1. The van der Waals surface area contributed by atoms with Crippen molar-refractivity contribution in [3.8, 4) is 0 Å². The van der Waals surface area contributed by atoms with Crippen molar-refractivity contribution in [3.63, 3.8) is 0 Å². The summed E-state index contributed by atoms with van der Waals surface area (Å²) < 4.78 is 0. The lowest BCUT2D eigenvalue weighted by Crippen LogP contribution is -2.10. The second-order valence-electron chi connectivity index (χ2n) is 5.18. The Morgan fingerprint density at radius 1 is 1.06 bits per heavy atom. The minimum atomic E-state index is 0.163. The maximum absolute atomic E-state index is 5.81. The molecule has 3 nitrogen and oxygen atoms in total. The highest BCUT2D eigenvalue weighted by Crippen LogP contribution is 2.24. The molecule has 4 heteroatoms. The molecular weight excluding hydrogens is 246 g/mol. The fourth-order valence-corrected chi connectivity index (χ4v) is 1.75. The molecule has 0 radical (unpaired) electrons. The maximum Gasteiger partial charge on any atom is 0.135 e. The fraction of sp³-hybridized carbons (Fsp3) is 0.286. The van der Waals surface area contributed by atoms with Crippen LogP contribution in [-0.2, 0) is 5.41 Å². The molecule has 1 aromatic carbocycles. The smallest absolute Gasteiger partial charge is 0.135 e. The van der Waals surface area contributed by atoms with Gasteiger partial charge in [-0.15, -0.1) is 0 Å². The fourth-order valence-electron chi connectivity index (χ4n) is 1.60. The number of nitrogens with zero attached hydrogens (tertiary/aromatic N) is 2. The first-order valence-electron chi connectivity index (χ1n) is 5.80. The van der Waals surface area contributed by atoms with Gasteiger partial charge >= 0.3 is 0 Å². The van der Waals surface area contributed by atoms with Gasteiger partial charge in [-0.2, -0.15) is 0 Å². The van der Waals surface area contributed by atoms with Crippen LogP contribution in [0.2, 0.25) is 5.15 Å². The first-order valence-corrected chi connectivity index (χ1v) is 6.18. The van der Waals surface area contributed by atoms with Crippen molar-refractivity contribution in [1.82, 2.24) is 9.97 Å². The highest BCUT2D eigenvalue weighted by atomic mass is 35.5. The zero-order valence-corrected chi connectivity index (χ0v) is 11.5. The Balaban J connectivity index is 2.16. The van der Waals surface area contributed by atoms with Gasteiger partial charge in [-0.3, -0.25) is 0 Å². The molecule has 0 aliphatic rings. The van der Waals surface area contributed by atoms with Crippen molar-refractivity contribution < 1.29 is 0 Å². The molecule has 0 atom stereocenters. The maximum atomic E-state index is 5.81. The van der Waals surface area contributed by atoms with Gasteiger partial charge in [-0.05, 0) is 23.1 Å². The first-order chi connectivity index (χ1) is 8.45. The zero-order valence-electron chi connectivity index (χ0n) is 10.7. The minimum Gasteiger partial charge on any atom is -0.340 e. The van der Waals surface area contributed by atoms with E-state index < -0.39 is 0 Å². The van der Waals surface area contributed by atoms with Crippen LogP contribution < -0.4 is 5.32 Å². The lowest BCUT2D eigenvalue weighted by molar-refractivity contribution is 0.590. The predicted molar refractivity (Wildman–Crippen MR) is 75.5 cm³/mol. The van der Waals surface area contributed by atoms with E-state index in [9.17, 15) is 0 Å². The van der Waals surface area contributed by atoms with Gasteiger partial charge in [0, 0.05) is 11.8 Å². The van der Waals surface area contributed by atoms with Crippen molar-refractivity contribution >= 4 is 23.1 Å². The Morgan fingerprint density at radius 3 is 2.28 bits per heavy atom. The van der Waals surface area contributed by atoms with E-state index in [1.54, 1.807) is 6.07 Å². The van der Waals surface area contributed by atoms with Gasteiger partial charge in [0.05, 0.1) is 0 Å².